The van der Waals surface area contributed by atoms with Gasteiger partial charge in [-0.25, -0.2) is 12.8 Å². The van der Waals surface area contributed by atoms with Gasteiger partial charge in [-0.3, -0.25) is 13.9 Å². The minimum Gasteiger partial charge on any atom is -0.350 e. The summed E-state index contributed by atoms with van der Waals surface area (Å²) in [5.41, 5.74) is -0.0234. The lowest BCUT2D eigenvalue weighted by Gasteiger charge is -2.34. The monoisotopic (exact) mass is 539 g/mol. The minimum absolute atomic E-state index is 0.0756. The summed E-state index contributed by atoms with van der Waals surface area (Å²) in [6.07, 6.45) is 0.297. The molecule has 1 unspecified atom stereocenters. The number of amides is 2. The van der Waals surface area contributed by atoms with Gasteiger partial charge in [0.25, 0.3) is 10.0 Å². The van der Waals surface area contributed by atoms with E-state index in [2.05, 4.69) is 5.32 Å². The Labute approximate surface area is 224 Å². The van der Waals surface area contributed by atoms with Crippen LogP contribution in [-0.4, -0.2) is 43.3 Å². The Hall–Kier alpha value is -3.72. The second kappa shape index (κ2) is 12.2. The van der Waals surface area contributed by atoms with E-state index in [-0.39, 0.29) is 23.0 Å². The van der Waals surface area contributed by atoms with Crippen molar-refractivity contribution in [1.82, 2.24) is 10.2 Å². The van der Waals surface area contributed by atoms with E-state index in [9.17, 15) is 22.4 Å². The van der Waals surface area contributed by atoms with Gasteiger partial charge in [-0.1, -0.05) is 67.6 Å². The molecule has 1 N–H and O–H groups in total. The van der Waals surface area contributed by atoms with Crippen LogP contribution in [0.4, 0.5) is 10.1 Å². The number of halogens is 1. The molecule has 0 aliphatic heterocycles. The number of carbonyl (C=O) groups excluding carboxylic acids is 2. The lowest BCUT2D eigenvalue weighted by Crippen LogP contribution is -2.55. The molecular weight excluding hydrogens is 505 g/mol. The largest absolute Gasteiger partial charge is 0.350 e. The molecule has 3 aromatic rings. The summed E-state index contributed by atoms with van der Waals surface area (Å²) in [6, 6.07) is 21.2. The van der Waals surface area contributed by atoms with Crippen LogP contribution in [0.5, 0.6) is 0 Å². The number of carbonyl (C=O) groups is 2. The van der Waals surface area contributed by atoms with Gasteiger partial charge in [-0.15, -0.1) is 0 Å². The Bertz CT molecular complexity index is 1340. The van der Waals surface area contributed by atoms with E-state index in [1.54, 1.807) is 25.1 Å². The molecule has 2 amide bonds. The van der Waals surface area contributed by atoms with Crippen LogP contribution in [0.15, 0.2) is 89.8 Å². The standard InChI is InChI=1S/C29H34FN3O4S/c1-5-25(28(35)31-29(2,3)4)32(20-22-14-8-6-9-15-22)27(34)21-33(26-19-13-12-18-24(26)30)38(36,37)23-16-10-7-11-17-23/h6-19,25H,5,20-21H2,1-4H3,(H,31,35). The molecule has 0 heterocycles. The smallest absolute Gasteiger partial charge is 0.264 e. The zero-order valence-corrected chi connectivity index (χ0v) is 22.9. The second-order valence-corrected chi connectivity index (χ2v) is 11.8. The molecule has 3 rings (SSSR count). The van der Waals surface area contributed by atoms with Crippen LogP contribution < -0.4 is 9.62 Å². The summed E-state index contributed by atoms with van der Waals surface area (Å²) in [6.45, 7) is 6.69. The Kier molecular flexibility index (Phi) is 9.27. The maximum absolute atomic E-state index is 14.9. The molecule has 1 atom stereocenters. The molecule has 0 aliphatic carbocycles. The Morgan fingerprint density at radius 3 is 2.00 bits per heavy atom. The number of anilines is 1. The highest BCUT2D eigenvalue weighted by molar-refractivity contribution is 7.92. The first-order valence-corrected chi connectivity index (χ1v) is 13.9. The van der Waals surface area contributed by atoms with Gasteiger partial charge in [0.1, 0.15) is 18.4 Å². The molecule has 0 saturated carbocycles. The number of sulfonamides is 1. The van der Waals surface area contributed by atoms with Crippen LogP contribution in [0.1, 0.15) is 39.7 Å². The Morgan fingerprint density at radius 1 is 0.895 bits per heavy atom. The van der Waals surface area contributed by atoms with Gasteiger partial charge >= 0.3 is 0 Å². The molecule has 9 heteroatoms. The third kappa shape index (κ3) is 7.19. The van der Waals surface area contributed by atoms with Gasteiger partial charge in [-0.2, -0.15) is 0 Å². The topological polar surface area (TPSA) is 86.8 Å². The van der Waals surface area contributed by atoms with E-state index in [0.717, 1.165) is 15.9 Å². The summed E-state index contributed by atoms with van der Waals surface area (Å²) < 4.78 is 43.0. The predicted molar refractivity (Wildman–Crippen MR) is 146 cm³/mol. The van der Waals surface area contributed by atoms with Gasteiger partial charge in [-0.05, 0) is 57.0 Å². The van der Waals surface area contributed by atoms with Crippen LogP contribution in [0, 0.1) is 5.82 Å². The molecule has 0 aliphatic rings. The minimum atomic E-state index is -4.31. The van der Waals surface area contributed by atoms with Crippen molar-refractivity contribution >= 4 is 27.5 Å². The van der Waals surface area contributed by atoms with Gasteiger partial charge < -0.3 is 10.2 Å². The molecule has 0 radical (unpaired) electrons. The zero-order chi connectivity index (χ0) is 27.9. The third-order valence-electron chi connectivity index (χ3n) is 5.81. The van der Waals surface area contributed by atoms with E-state index in [4.69, 9.17) is 0 Å². The highest BCUT2D eigenvalue weighted by Crippen LogP contribution is 2.27. The molecule has 7 nitrogen and oxygen atoms in total. The first-order chi connectivity index (χ1) is 17.9. The van der Waals surface area contributed by atoms with E-state index in [1.807, 2.05) is 51.1 Å². The van der Waals surface area contributed by atoms with E-state index in [1.165, 1.54) is 35.2 Å². The third-order valence-corrected chi connectivity index (χ3v) is 7.59. The highest BCUT2D eigenvalue weighted by Gasteiger charge is 2.35. The van der Waals surface area contributed by atoms with Crippen LogP contribution in [0.25, 0.3) is 0 Å². The van der Waals surface area contributed by atoms with Crippen molar-refractivity contribution in [1.29, 1.82) is 0 Å². The maximum atomic E-state index is 14.9. The highest BCUT2D eigenvalue weighted by atomic mass is 32.2. The predicted octanol–water partition coefficient (Wildman–Crippen LogP) is 4.74. The fourth-order valence-electron chi connectivity index (χ4n) is 4.04. The summed E-state index contributed by atoms with van der Waals surface area (Å²) in [5.74, 6) is -1.77. The lowest BCUT2D eigenvalue weighted by molar-refractivity contribution is -0.141. The van der Waals surface area contributed by atoms with E-state index in [0.29, 0.717) is 6.42 Å². The molecule has 3 aromatic carbocycles. The van der Waals surface area contributed by atoms with Crippen molar-refractivity contribution in [2.24, 2.45) is 0 Å². The number of benzene rings is 3. The second-order valence-electron chi connectivity index (χ2n) is 9.95. The normalized spacial score (nSPS) is 12.4. The average Bonchev–Trinajstić information content (AvgIpc) is 2.87. The first kappa shape index (κ1) is 28.8. The molecule has 38 heavy (non-hydrogen) atoms. The van der Waals surface area contributed by atoms with Crippen molar-refractivity contribution in [2.75, 3.05) is 10.8 Å². The van der Waals surface area contributed by atoms with Crippen molar-refractivity contribution in [3.05, 3.63) is 96.3 Å². The number of nitrogens with zero attached hydrogens (tertiary/aromatic N) is 2. The molecule has 0 aromatic heterocycles. The summed E-state index contributed by atoms with van der Waals surface area (Å²) >= 11 is 0. The lowest BCUT2D eigenvalue weighted by atomic mass is 10.1. The van der Waals surface area contributed by atoms with E-state index >= 15 is 0 Å². The number of hydrogen-bond donors (Lipinski definition) is 1. The van der Waals surface area contributed by atoms with Crippen LogP contribution in [0.3, 0.4) is 0 Å². The number of nitrogens with one attached hydrogen (secondary N) is 1. The number of hydrogen-bond acceptors (Lipinski definition) is 4. The fraction of sp³-hybridized carbons (Fsp3) is 0.310. The molecule has 202 valence electrons. The molecule has 0 saturated heterocycles. The summed E-state index contributed by atoms with van der Waals surface area (Å²) in [7, 11) is -4.31. The van der Waals surface area contributed by atoms with Crippen molar-refractivity contribution in [2.45, 2.75) is 57.1 Å². The van der Waals surface area contributed by atoms with Gasteiger partial charge in [0.15, 0.2) is 0 Å². The average molecular weight is 540 g/mol. The molecule has 0 spiro atoms. The number of rotatable bonds is 10. The van der Waals surface area contributed by atoms with Crippen LogP contribution in [-0.2, 0) is 26.2 Å². The Morgan fingerprint density at radius 2 is 1.45 bits per heavy atom. The number of para-hydroxylation sites is 1. The quantitative estimate of drug-likeness (QED) is 0.403. The molecule has 0 bridgehead atoms. The van der Waals surface area contributed by atoms with Crippen LogP contribution in [0.2, 0.25) is 0 Å². The van der Waals surface area contributed by atoms with Crippen molar-refractivity contribution in [3.8, 4) is 0 Å². The summed E-state index contributed by atoms with van der Waals surface area (Å²) in [5, 5.41) is 2.92. The first-order valence-electron chi connectivity index (χ1n) is 12.4. The SMILES string of the molecule is CCC(C(=O)NC(C)(C)C)N(Cc1ccccc1)C(=O)CN(c1ccccc1F)S(=O)(=O)c1ccccc1. The fourth-order valence-corrected chi connectivity index (χ4v) is 5.48. The summed E-state index contributed by atoms with van der Waals surface area (Å²) in [4.78, 5) is 28.5. The molecule has 0 fully saturated rings. The van der Waals surface area contributed by atoms with E-state index < -0.39 is 39.9 Å². The van der Waals surface area contributed by atoms with Crippen molar-refractivity contribution < 1.29 is 22.4 Å². The van der Waals surface area contributed by atoms with Crippen LogP contribution >= 0.6 is 0 Å². The maximum Gasteiger partial charge on any atom is 0.264 e. The zero-order valence-electron chi connectivity index (χ0n) is 22.1. The van der Waals surface area contributed by atoms with Gasteiger partial charge in [0.05, 0.1) is 10.6 Å². The van der Waals surface area contributed by atoms with Gasteiger partial charge in [0, 0.05) is 12.1 Å². The molecular formula is C29H34FN3O4S. The van der Waals surface area contributed by atoms with Crippen molar-refractivity contribution in [3.63, 3.8) is 0 Å². The Balaban J connectivity index is 2.06. The van der Waals surface area contributed by atoms with Gasteiger partial charge in [0.2, 0.25) is 11.8 Å².